The van der Waals surface area contributed by atoms with Gasteiger partial charge in [-0.25, -0.2) is 0 Å². The topological polar surface area (TPSA) is 110 Å². The van der Waals surface area contributed by atoms with Crippen molar-refractivity contribution in [3.05, 3.63) is 47.5 Å². The van der Waals surface area contributed by atoms with Gasteiger partial charge in [-0.15, -0.1) is 0 Å². The molecule has 2 aromatic rings. The average Bonchev–Trinajstić information content (AvgIpc) is 3.40. The van der Waals surface area contributed by atoms with Crippen molar-refractivity contribution in [2.24, 2.45) is 11.8 Å². The highest BCUT2D eigenvalue weighted by molar-refractivity contribution is 6.02. The molecule has 0 radical (unpaired) electrons. The first kappa shape index (κ1) is 21.0. The van der Waals surface area contributed by atoms with E-state index in [2.05, 4.69) is 0 Å². The second kappa shape index (κ2) is 8.44. The Balaban J connectivity index is 1.68. The summed E-state index contributed by atoms with van der Waals surface area (Å²) < 4.78 is 31.6. The van der Waals surface area contributed by atoms with Crippen LogP contribution < -0.4 is 18.9 Å². The van der Waals surface area contributed by atoms with Crippen molar-refractivity contribution >= 4 is 11.8 Å². The normalized spacial score (nSPS) is 22.7. The van der Waals surface area contributed by atoms with Crippen LogP contribution in [0.15, 0.2) is 36.4 Å². The van der Waals surface area contributed by atoms with E-state index in [1.54, 1.807) is 36.4 Å². The number of ketones is 1. The van der Waals surface area contributed by atoms with Crippen LogP contribution in [0, 0.1) is 11.8 Å². The summed E-state index contributed by atoms with van der Waals surface area (Å²) in [6, 6.07) is 9.50. The summed E-state index contributed by atoms with van der Waals surface area (Å²) in [4.78, 5) is 26.0. The number of benzene rings is 2. The number of ether oxygens (including phenoxy) is 6. The van der Waals surface area contributed by atoms with Crippen LogP contribution in [0.4, 0.5) is 0 Å². The van der Waals surface area contributed by atoms with Gasteiger partial charge in [-0.2, -0.15) is 0 Å². The van der Waals surface area contributed by atoms with E-state index >= 15 is 0 Å². The lowest BCUT2D eigenvalue weighted by molar-refractivity contribution is -0.161. The molecule has 31 heavy (non-hydrogen) atoms. The molecule has 2 aliphatic rings. The number of aliphatic hydroxyl groups is 1. The van der Waals surface area contributed by atoms with Crippen molar-refractivity contribution in [2.75, 3.05) is 28.1 Å². The van der Waals surface area contributed by atoms with E-state index in [0.29, 0.717) is 34.1 Å². The minimum absolute atomic E-state index is 0.0688. The zero-order valence-corrected chi connectivity index (χ0v) is 17.2. The van der Waals surface area contributed by atoms with Gasteiger partial charge in [-0.1, -0.05) is 6.07 Å². The number of methoxy groups -OCH3 is 3. The van der Waals surface area contributed by atoms with Gasteiger partial charge in [0.2, 0.25) is 13.1 Å². The Morgan fingerprint density at radius 1 is 1.03 bits per heavy atom. The first-order valence-electron chi connectivity index (χ1n) is 9.55. The molecule has 0 spiro atoms. The molecule has 2 heterocycles. The summed E-state index contributed by atoms with van der Waals surface area (Å²) in [6.07, 6.45) is -2.47. The van der Waals surface area contributed by atoms with Crippen LogP contribution in [-0.4, -0.2) is 51.3 Å². The molecule has 4 rings (SSSR count). The van der Waals surface area contributed by atoms with E-state index < -0.39 is 36.0 Å². The number of rotatable bonds is 7. The van der Waals surface area contributed by atoms with Gasteiger partial charge in [0, 0.05) is 12.7 Å². The van der Waals surface area contributed by atoms with Crippen LogP contribution in [0.1, 0.15) is 22.0 Å². The van der Waals surface area contributed by atoms with Gasteiger partial charge in [0.15, 0.2) is 28.8 Å². The van der Waals surface area contributed by atoms with E-state index in [1.807, 2.05) is 0 Å². The fourth-order valence-corrected chi connectivity index (χ4v) is 3.88. The standard InChI is InChI=1S/C22H22O9/c1-26-13-6-4-11(8-15(13)27-2)19(23)17-18(22(28-3)31-21(17)25)20(24)12-5-7-14-16(9-12)30-10-29-14/h4-9,17-19,22-23H,10H2,1-3H3/t17-,18-,19-,22+/m0/s1. The summed E-state index contributed by atoms with van der Waals surface area (Å²) in [5.74, 6) is -1.58. The van der Waals surface area contributed by atoms with E-state index in [4.69, 9.17) is 28.4 Å². The first-order chi connectivity index (χ1) is 15.0. The highest BCUT2D eigenvalue weighted by Crippen LogP contribution is 2.42. The Morgan fingerprint density at radius 3 is 2.48 bits per heavy atom. The molecule has 1 saturated heterocycles. The maximum absolute atomic E-state index is 13.4. The Hall–Kier alpha value is -3.30. The minimum atomic E-state index is -1.34. The quantitative estimate of drug-likeness (QED) is 0.522. The maximum Gasteiger partial charge on any atom is 0.315 e. The third-order valence-corrected chi connectivity index (χ3v) is 5.47. The number of carbonyl (C=O) groups excluding carboxylic acids is 2. The second-order valence-electron chi connectivity index (χ2n) is 7.08. The van der Waals surface area contributed by atoms with Gasteiger partial charge in [0.1, 0.15) is 11.8 Å². The maximum atomic E-state index is 13.4. The van der Waals surface area contributed by atoms with Gasteiger partial charge in [0.05, 0.1) is 20.3 Å². The van der Waals surface area contributed by atoms with E-state index in [0.717, 1.165) is 0 Å². The van der Waals surface area contributed by atoms with Gasteiger partial charge < -0.3 is 33.5 Å². The number of carbonyl (C=O) groups is 2. The molecule has 1 N–H and O–H groups in total. The molecule has 1 fully saturated rings. The number of hydrogen-bond donors (Lipinski definition) is 1. The van der Waals surface area contributed by atoms with Crippen molar-refractivity contribution in [3.63, 3.8) is 0 Å². The first-order valence-corrected chi connectivity index (χ1v) is 9.55. The van der Waals surface area contributed by atoms with Gasteiger partial charge in [-0.3, -0.25) is 9.59 Å². The molecule has 0 unspecified atom stereocenters. The summed E-state index contributed by atoms with van der Waals surface area (Å²) in [5, 5.41) is 11.1. The highest BCUT2D eigenvalue weighted by atomic mass is 16.7. The Kier molecular flexibility index (Phi) is 5.71. The fraction of sp³-hybridized carbons (Fsp3) is 0.364. The summed E-state index contributed by atoms with van der Waals surface area (Å²) in [5.41, 5.74) is 0.666. The van der Waals surface area contributed by atoms with Crippen LogP contribution in [0.3, 0.4) is 0 Å². The summed E-state index contributed by atoms with van der Waals surface area (Å²) in [6.45, 7) is 0.0688. The second-order valence-corrected chi connectivity index (χ2v) is 7.08. The zero-order valence-electron chi connectivity index (χ0n) is 17.2. The predicted octanol–water partition coefficient (Wildman–Crippen LogP) is 2.11. The van der Waals surface area contributed by atoms with Crippen LogP contribution in [0.2, 0.25) is 0 Å². The van der Waals surface area contributed by atoms with Crippen LogP contribution in [-0.2, 0) is 14.3 Å². The van der Waals surface area contributed by atoms with Crippen molar-refractivity contribution in [2.45, 2.75) is 12.4 Å². The third kappa shape index (κ3) is 3.66. The number of hydrogen-bond acceptors (Lipinski definition) is 9. The molecule has 0 aromatic heterocycles. The number of aliphatic hydroxyl groups excluding tert-OH is 1. The molecular formula is C22H22O9. The van der Waals surface area contributed by atoms with E-state index in [1.165, 1.54) is 21.3 Å². The molecule has 164 valence electrons. The molecular weight excluding hydrogens is 408 g/mol. The Bertz CT molecular complexity index is 1000. The molecule has 2 aromatic carbocycles. The van der Waals surface area contributed by atoms with Gasteiger partial charge >= 0.3 is 5.97 Å². The molecule has 9 nitrogen and oxygen atoms in total. The minimum Gasteiger partial charge on any atom is -0.493 e. The fourth-order valence-electron chi connectivity index (χ4n) is 3.88. The smallest absolute Gasteiger partial charge is 0.315 e. The highest BCUT2D eigenvalue weighted by Gasteiger charge is 2.53. The molecule has 9 heteroatoms. The zero-order chi connectivity index (χ0) is 22.1. The molecule has 0 bridgehead atoms. The SMILES string of the molecule is COc1ccc([C@H](O)[C@H]2C(=O)O[C@@H](OC)[C@@H]2C(=O)c2ccc3c(c2)OCO3)cc1OC. The molecule has 2 aliphatic heterocycles. The number of Topliss-reactive ketones (excluding diaryl/α,β-unsaturated/α-hetero) is 1. The van der Waals surface area contributed by atoms with E-state index in [-0.39, 0.29) is 6.79 Å². The van der Waals surface area contributed by atoms with Crippen molar-refractivity contribution < 1.29 is 43.1 Å². The molecule has 0 amide bonds. The van der Waals surface area contributed by atoms with Crippen molar-refractivity contribution in [1.29, 1.82) is 0 Å². The van der Waals surface area contributed by atoms with Crippen LogP contribution >= 0.6 is 0 Å². The van der Waals surface area contributed by atoms with E-state index in [9.17, 15) is 14.7 Å². The van der Waals surface area contributed by atoms with Gasteiger partial charge in [-0.05, 0) is 35.9 Å². The Labute approximate surface area is 178 Å². The Morgan fingerprint density at radius 2 is 1.77 bits per heavy atom. The van der Waals surface area contributed by atoms with Crippen LogP contribution in [0.25, 0.3) is 0 Å². The third-order valence-electron chi connectivity index (χ3n) is 5.47. The number of esters is 1. The predicted molar refractivity (Wildman–Crippen MR) is 105 cm³/mol. The molecule has 0 saturated carbocycles. The lowest BCUT2D eigenvalue weighted by Crippen LogP contribution is -2.34. The van der Waals surface area contributed by atoms with Crippen LogP contribution in [0.5, 0.6) is 23.0 Å². The lowest BCUT2D eigenvalue weighted by Gasteiger charge is -2.23. The summed E-state index contributed by atoms with van der Waals surface area (Å²) >= 11 is 0. The average molecular weight is 430 g/mol. The lowest BCUT2D eigenvalue weighted by atomic mass is 9.81. The number of fused-ring (bicyclic) bond motifs is 1. The number of cyclic esters (lactones) is 1. The van der Waals surface area contributed by atoms with Gasteiger partial charge in [0.25, 0.3) is 0 Å². The van der Waals surface area contributed by atoms with Crippen molar-refractivity contribution in [1.82, 2.24) is 0 Å². The largest absolute Gasteiger partial charge is 0.493 e. The monoisotopic (exact) mass is 430 g/mol. The molecule has 0 aliphatic carbocycles. The molecule has 4 atom stereocenters. The summed E-state index contributed by atoms with van der Waals surface area (Å²) in [7, 11) is 4.29. The van der Waals surface area contributed by atoms with Crippen molar-refractivity contribution in [3.8, 4) is 23.0 Å².